The van der Waals surface area contributed by atoms with E-state index in [1.165, 1.54) is 11.5 Å². The summed E-state index contributed by atoms with van der Waals surface area (Å²) < 4.78 is 27.7. The first-order valence-corrected chi connectivity index (χ1v) is 4.83. The van der Waals surface area contributed by atoms with Gasteiger partial charge in [-0.1, -0.05) is 0 Å². The maximum atomic E-state index is 13.4. The van der Waals surface area contributed by atoms with Crippen LogP contribution in [0.25, 0.3) is 11.0 Å². The SMILES string of the molecule is CC(C(N)=O)n1c(N)nc2c(F)cc(F)cc21. The lowest BCUT2D eigenvalue weighted by molar-refractivity contribution is -0.120. The maximum absolute atomic E-state index is 13.4. The van der Waals surface area contributed by atoms with Crippen LogP contribution in [0.3, 0.4) is 0 Å². The number of rotatable bonds is 2. The van der Waals surface area contributed by atoms with Gasteiger partial charge in [-0.3, -0.25) is 9.36 Å². The number of hydrogen-bond donors (Lipinski definition) is 2. The van der Waals surface area contributed by atoms with Crippen molar-refractivity contribution >= 4 is 22.9 Å². The van der Waals surface area contributed by atoms with Crippen LogP contribution in [0, 0.1) is 11.6 Å². The molecule has 1 unspecified atom stereocenters. The molecule has 1 atom stereocenters. The molecule has 2 rings (SSSR count). The van der Waals surface area contributed by atoms with E-state index in [2.05, 4.69) is 4.98 Å². The van der Waals surface area contributed by atoms with E-state index in [0.717, 1.165) is 6.07 Å². The minimum absolute atomic E-state index is 0.0861. The number of halogens is 2. The first-order valence-electron chi connectivity index (χ1n) is 4.83. The fraction of sp³-hybridized carbons (Fsp3) is 0.200. The third kappa shape index (κ3) is 1.69. The van der Waals surface area contributed by atoms with E-state index < -0.39 is 23.6 Å². The van der Waals surface area contributed by atoms with E-state index in [-0.39, 0.29) is 17.0 Å². The molecule has 0 spiro atoms. The Bertz CT molecular complexity index is 608. The molecule has 7 heteroatoms. The van der Waals surface area contributed by atoms with Crippen molar-refractivity contribution in [1.29, 1.82) is 0 Å². The predicted octanol–water partition coefficient (Wildman–Crippen LogP) is 0.943. The highest BCUT2D eigenvalue weighted by molar-refractivity contribution is 5.84. The molecule has 0 aliphatic rings. The molecule has 0 saturated heterocycles. The average molecular weight is 240 g/mol. The van der Waals surface area contributed by atoms with Gasteiger partial charge in [-0.25, -0.2) is 13.8 Å². The van der Waals surface area contributed by atoms with Gasteiger partial charge in [0, 0.05) is 12.1 Å². The van der Waals surface area contributed by atoms with Crippen LogP contribution < -0.4 is 11.5 Å². The summed E-state index contributed by atoms with van der Waals surface area (Å²) in [6.45, 7) is 1.47. The van der Waals surface area contributed by atoms with Gasteiger partial charge in [0.25, 0.3) is 0 Å². The van der Waals surface area contributed by atoms with Gasteiger partial charge in [-0.15, -0.1) is 0 Å². The third-order valence-electron chi connectivity index (χ3n) is 2.54. The summed E-state index contributed by atoms with van der Waals surface area (Å²) in [4.78, 5) is 14.8. The lowest BCUT2D eigenvalue weighted by Gasteiger charge is -2.11. The highest BCUT2D eigenvalue weighted by Crippen LogP contribution is 2.25. The summed E-state index contributed by atoms with van der Waals surface area (Å²) in [6.07, 6.45) is 0. The zero-order chi connectivity index (χ0) is 12.7. The Hall–Kier alpha value is -2.18. The molecule has 2 aromatic rings. The van der Waals surface area contributed by atoms with Crippen LogP contribution in [0.2, 0.25) is 0 Å². The number of primary amides is 1. The van der Waals surface area contributed by atoms with Crippen LogP contribution in [-0.4, -0.2) is 15.5 Å². The van der Waals surface area contributed by atoms with E-state index in [1.807, 2.05) is 0 Å². The van der Waals surface area contributed by atoms with Crippen molar-refractivity contribution < 1.29 is 13.6 Å². The molecule has 90 valence electrons. The number of carbonyl (C=O) groups excluding carboxylic acids is 1. The quantitative estimate of drug-likeness (QED) is 0.819. The summed E-state index contributed by atoms with van der Waals surface area (Å²) >= 11 is 0. The molecule has 17 heavy (non-hydrogen) atoms. The number of nitrogens with zero attached hydrogens (tertiary/aromatic N) is 2. The zero-order valence-electron chi connectivity index (χ0n) is 8.95. The maximum Gasteiger partial charge on any atom is 0.240 e. The molecule has 1 heterocycles. The van der Waals surface area contributed by atoms with Crippen LogP contribution >= 0.6 is 0 Å². The average Bonchev–Trinajstić information content (AvgIpc) is 2.54. The molecule has 0 saturated carbocycles. The van der Waals surface area contributed by atoms with Gasteiger partial charge in [0.2, 0.25) is 11.9 Å². The first-order chi connectivity index (χ1) is 7.91. The van der Waals surface area contributed by atoms with Crippen molar-refractivity contribution in [2.24, 2.45) is 5.73 Å². The van der Waals surface area contributed by atoms with Crippen molar-refractivity contribution in [2.45, 2.75) is 13.0 Å². The standard InChI is InChI=1S/C10H10F2N4O/c1-4(9(13)17)16-7-3-5(11)2-6(12)8(7)15-10(16)14/h2-4H,1H3,(H2,13,17)(H2,14,15). The van der Waals surface area contributed by atoms with Crippen molar-refractivity contribution in [3.8, 4) is 0 Å². The number of nitrogen functional groups attached to an aromatic ring is 1. The molecule has 4 N–H and O–H groups in total. The van der Waals surface area contributed by atoms with Gasteiger partial charge >= 0.3 is 0 Å². The molecule has 0 aliphatic carbocycles. The number of aromatic nitrogens is 2. The Morgan fingerprint density at radius 2 is 2.12 bits per heavy atom. The molecule has 5 nitrogen and oxygen atoms in total. The van der Waals surface area contributed by atoms with Crippen LogP contribution in [-0.2, 0) is 4.79 Å². The van der Waals surface area contributed by atoms with Gasteiger partial charge in [0.15, 0.2) is 5.82 Å². The molecule has 1 aromatic heterocycles. The fourth-order valence-electron chi connectivity index (χ4n) is 1.67. The summed E-state index contributed by atoms with van der Waals surface area (Å²) in [5, 5.41) is 0. The molecular weight excluding hydrogens is 230 g/mol. The van der Waals surface area contributed by atoms with Gasteiger partial charge < -0.3 is 11.5 Å². The van der Waals surface area contributed by atoms with Gasteiger partial charge in [0.1, 0.15) is 17.4 Å². The molecule has 1 aromatic carbocycles. The normalized spacial score (nSPS) is 12.9. The number of nitrogens with two attached hydrogens (primary N) is 2. The monoisotopic (exact) mass is 240 g/mol. The van der Waals surface area contributed by atoms with E-state index in [9.17, 15) is 13.6 Å². The van der Waals surface area contributed by atoms with Gasteiger partial charge in [-0.2, -0.15) is 0 Å². The number of imidazole rings is 1. The number of benzene rings is 1. The Balaban J connectivity index is 2.79. The smallest absolute Gasteiger partial charge is 0.240 e. The van der Waals surface area contributed by atoms with Crippen LogP contribution in [0.5, 0.6) is 0 Å². The molecule has 0 fully saturated rings. The van der Waals surface area contributed by atoms with E-state index in [1.54, 1.807) is 0 Å². The minimum Gasteiger partial charge on any atom is -0.369 e. The second-order valence-corrected chi connectivity index (χ2v) is 3.67. The Kier molecular flexibility index (Phi) is 2.45. The Morgan fingerprint density at radius 3 is 2.71 bits per heavy atom. The van der Waals surface area contributed by atoms with Crippen molar-refractivity contribution in [3.63, 3.8) is 0 Å². The summed E-state index contributed by atoms with van der Waals surface area (Å²) in [5.41, 5.74) is 10.7. The molecular formula is C10H10F2N4O. The highest BCUT2D eigenvalue weighted by Gasteiger charge is 2.20. The molecule has 0 radical (unpaired) electrons. The number of hydrogen-bond acceptors (Lipinski definition) is 3. The number of carbonyl (C=O) groups is 1. The van der Waals surface area contributed by atoms with Gasteiger partial charge in [0.05, 0.1) is 5.52 Å². The third-order valence-corrected chi connectivity index (χ3v) is 2.54. The number of amides is 1. The summed E-state index contributed by atoms with van der Waals surface area (Å²) in [7, 11) is 0. The molecule has 1 amide bonds. The second kappa shape index (κ2) is 3.69. The topological polar surface area (TPSA) is 86.9 Å². The van der Waals surface area contributed by atoms with Crippen LogP contribution in [0.15, 0.2) is 12.1 Å². The van der Waals surface area contributed by atoms with Crippen LogP contribution in [0.4, 0.5) is 14.7 Å². The van der Waals surface area contributed by atoms with Crippen molar-refractivity contribution in [3.05, 3.63) is 23.8 Å². The van der Waals surface area contributed by atoms with Crippen molar-refractivity contribution in [1.82, 2.24) is 9.55 Å². The van der Waals surface area contributed by atoms with E-state index >= 15 is 0 Å². The zero-order valence-corrected chi connectivity index (χ0v) is 8.95. The predicted molar refractivity (Wildman–Crippen MR) is 58.0 cm³/mol. The van der Waals surface area contributed by atoms with E-state index in [4.69, 9.17) is 11.5 Å². The van der Waals surface area contributed by atoms with Crippen LogP contribution in [0.1, 0.15) is 13.0 Å². The minimum atomic E-state index is -0.832. The Labute approximate surface area is 95.0 Å². The first kappa shape index (κ1) is 11.3. The highest BCUT2D eigenvalue weighted by atomic mass is 19.1. The fourth-order valence-corrected chi connectivity index (χ4v) is 1.67. The van der Waals surface area contributed by atoms with Gasteiger partial charge in [-0.05, 0) is 6.92 Å². The molecule has 0 bridgehead atoms. The van der Waals surface area contributed by atoms with E-state index in [0.29, 0.717) is 6.07 Å². The van der Waals surface area contributed by atoms with Crippen molar-refractivity contribution in [2.75, 3.05) is 5.73 Å². The number of anilines is 1. The second-order valence-electron chi connectivity index (χ2n) is 3.67. The number of fused-ring (bicyclic) bond motifs is 1. The largest absolute Gasteiger partial charge is 0.369 e. The molecule has 0 aliphatic heterocycles. The lowest BCUT2D eigenvalue weighted by Crippen LogP contribution is -2.24. The summed E-state index contributed by atoms with van der Waals surface area (Å²) in [5.74, 6) is -2.36. The lowest BCUT2D eigenvalue weighted by atomic mass is 10.2. The summed E-state index contributed by atoms with van der Waals surface area (Å²) in [6, 6.07) is 0.927. The Morgan fingerprint density at radius 1 is 1.47 bits per heavy atom.